The number of benzene rings is 1. The van der Waals surface area contributed by atoms with E-state index in [1.807, 2.05) is 30.3 Å². The van der Waals surface area contributed by atoms with Crippen LogP contribution in [0.3, 0.4) is 0 Å². The molecule has 1 aromatic heterocycles. The van der Waals surface area contributed by atoms with Crippen LogP contribution in [-0.4, -0.2) is 32.9 Å². The lowest BCUT2D eigenvalue weighted by atomic mass is 9.98. The second-order valence-electron chi connectivity index (χ2n) is 5.61. The lowest BCUT2D eigenvalue weighted by molar-refractivity contribution is 0.0838. The Hall–Kier alpha value is -2.14. The predicted molar refractivity (Wildman–Crippen MR) is 79.3 cm³/mol. The quantitative estimate of drug-likeness (QED) is 0.901. The number of rotatable bonds is 4. The van der Waals surface area contributed by atoms with Crippen molar-refractivity contribution in [3.63, 3.8) is 0 Å². The van der Waals surface area contributed by atoms with Crippen LogP contribution in [0.2, 0.25) is 0 Å². The molecule has 1 saturated carbocycles. The Morgan fingerprint density at radius 3 is 2.67 bits per heavy atom. The van der Waals surface area contributed by atoms with Gasteiger partial charge in [-0.25, -0.2) is 4.68 Å². The SMILES string of the molecule is O=C(NC1(CO)CCCC1)c1cnn(-c2ccccc2)c1. The molecule has 0 aliphatic heterocycles. The first-order valence-corrected chi connectivity index (χ1v) is 7.26. The molecule has 0 saturated heterocycles. The number of nitrogens with zero attached hydrogens (tertiary/aromatic N) is 2. The molecule has 2 aromatic rings. The molecule has 1 aliphatic carbocycles. The van der Waals surface area contributed by atoms with Gasteiger partial charge in [0.25, 0.3) is 5.91 Å². The highest BCUT2D eigenvalue weighted by atomic mass is 16.3. The van der Waals surface area contributed by atoms with Crippen LogP contribution in [0.5, 0.6) is 0 Å². The van der Waals surface area contributed by atoms with Crippen molar-refractivity contribution in [3.05, 3.63) is 48.3 Å². The molecular weight excluding hydrogens is 266 g/mol. The molecule has 1 heterocycles. The summed E-state index contributed by atoms with van der Waals surface area (Å²) in [6.45, 7) is -0.00837. The summed E-state index contributed by atoms with van der Waals surface area (Å²) in [6, 6.07) is 9.65. The summed E-state index contributed by atoms with van der Waals surface area (Å²) in [7, 11) is 0. The van der Waals surface area contributed by atoms with Crippen molar-refractivity contribution in [2.75, 3.05) is 6.61 Å². The van der Waals surface area contributed by atoms with Crippen molar-refractivity contribution < 1.29 is 9.90 Å². The van der Waals surface area contributed by atoms with Crippen LogP contribution in [0.4, 0.5) is 0 Å². The Kier molecular flexibility index (Phi) is 3.75. The number of hydrogen-bond acceptors (Lipinski definition) is 3. The third-order valence-electron chi connectivity index (χ3n) is 4.11. The summed E-state index contributed by atoms with van der Waals surface area (Å²) in [5, 5.41) is 16.8. The normalized spacial score (nSPS) is 16.8. The standard InChI is InChI=1S/C16H19N3O2/c20-12-16(8-4-5-9-16)18-15(21)13-10-17-19(11-13)14-6-2-1-3-7-14/h1-3,6-7,10-11,20H,4-5,8-9,12H2,(H,18,21). The topological polar surface area (TPSA) is 67.2 Å². The van der Waals surface area contributed by atoms with Crippen LogP contribution < -0.4 is 5.32 Å². The van der Waals surface area contributed by atoms with E-state index >= 15 is 0 Å². The summed E-state index contributed by atoms with van der Waals surface area (Å²) in [5.74, 6) is -0.173. The molecular formula is C16H19N3O2. The van der Waals surface area contributed by atoms with Gasteiger partial charge in [-0.3, -0.25) is 4.79 Å². The van der Waals surface area contributed by atoms with Gasteiger partial charge in [0.05, 0.1) is 29.6 Å². The molecule has 0 spiro atoms. The third-order valence-corrected chi connectivity index (χ3v) is 4.11. The fraction of sp³-hybridized carbons (Fsp3) is 0.375. The van der Waals surface area contributed by atoms with Gasteiger partial charge in [-0.1, -0.05) is 31.0 Å². The Labute approximate surface area is 123 Å². The van der Waals surface area contributed by atoms with E-state index in [9.17, 15) is 9.90 Å². The molecule has 110 valence electrons. The first kappa shape index (κ1) is 13.8. The largest absolute Gasteiger partial charge is 0.394 e. The summed E-state index contributed by atoms with van der Waals surface area (Å²) in [6.07, 6.45) is 7.03. The van der Waals surface area contributed by atoms with Gasteiger partial charge in [-0.15, -0.1) is 0 Å². The molecule has 2 N–H and O–H groups in total. The first-order valence-electron chi connectivity index (χ1n) is 7.26. The van der Waals surface area contributed by atoms with E-state index in [0.717, 1.165) is 31.4 Å². The number of carbonyl (C=O) groups excluding carboxylic acids is 1. The number of para-hydroxylation sites is 1. The molecule has 1 aliphatic rings. The van der Waals surface area contributed by atoms with Gasteiger partial charge >= 0.3 is 0 Å². The molecule has 1 fully saturated rings. The van der Waals surface area contributed by atoms with E-state index in [1.54, 1.807) is 17.1 Å². The summed E-state index contributed by atoms with van der Waals surface area (Å²) in [4.78, 5) is 12.3. The third kappa shape index (κ3) is 2.83. The highest BCUT2D eigenvalue weighted by Gasteiger charge is 2.35. The number of carbonyl (C=O) groups is 1. The molecule has 0 bridgehead atoms. The number of hydrogen-bond donors (Lipinski definition) is 2. The number of aliphatic hydroxyl groups is 1. The zero-order chi connectivity index (χ0) is 14.7. The number of nitrogens with one attached hydrogen (secondary N) is 1. The smallest absolute Gasteiger partial charge is 0.254 e. The molecule has 1 amide bonds. The van der Waals surface area contributed by atoms with Crippen molar-refractivity contribution in [2.24, 2.45) is 0 Å². The molecule has 5 nitrogen and oxygen atoms in total. The van der Waals surface area contributed by atoms with E-state index < -0.39 is 5.54 Å². The fourth-order valence-electron chi connectivity index (χ4n) is 2.85. The van der Waals surface area contributed by atoms with Crippen molar-refractivity contribution >= 4 is 5.91 Å². The molecule has 5 heteroatoms. The van der Waals surface area contributed by atoms with Crippen molar-refractivity contribution in [2.45, 2.75) is 31.2 Å². The van der Waals surface area contributed by atoms with Gasteiger partial charge in [0.2, 0.25) is 0 Å². The average molecular weight is 285 g/mol. The van der Waals surface area contributed by atoms with Crippen molar-refractivity contribution in [1.82, 2.24) is 15.1 Å². The monoisotopic (exact) mass is 285 g/mol. The zero-order valence-corrected chi connectivity index (χ0v) is 11.8. The van der Waals surface area contributed by atoms with Crippen LogP contribution in [0.15, 0.2) is 42.7 Å². The molecule has 21 heavy (non-hydrogen) atoms. The van der Waals surface area contributed by atoms with Gasteiger partial charge < -0.3 is 10.4 Å². The summed E-state index contributed by atoms with van der Waals surface area (Å²) >= 11 is 0. The molecule has 1 aromatic carbocycles. The number of aromatic nitrogens is 2. The van der Waals surface area contributed by atoms with Gasteiger partial charge in [-0.05, 0) is 25.0 Å². The second-order valence-corrected chi connectivity index (χ2v) is 5.61. The Bertz CT molecular complexity index is 615. The van der Waals surface area contributed by atoms with Crippen LogP contribution in [0.1, 0.15) is 36.0 Å². The number of amides is 1. The minimum atomic E-state index is -0.452. The summed E-state index contributed by atoms with van der Waals surface area (Å²) in [5.41, 5.74) is 0.971. The van der Waals surface area contributed by atoms with Crippen LogP contribution >= 0.6 is 0 Å². The fourth-order valence-corrected chi connectivity index (χ4v) is 2.85. The van der Waals surface area contributed by atoms with E-state index in [1.165, 1.54) is 0 Å². The lowest BCUT2D eigenvalue weighted by Crippen LogP contribution is -2.49. The van der Waals surface area contributed by atoms with Crippen LogP contribution in [-0.2, 0) is 0 Å². The minimum Gasteiger partial charge on any atom is -0.394 e. The minimum absolute atomic E-state index is 0.00837. The molecule has 0 unspecified atom stereocenters. The maximum absolute atomic E-state index is 12.3. The highest BCUT2D eigenvalue weighted by molar-refractivity contribution is 5.94. The van der Waals surface area contributed by atoms with Crippen molar-refractivity contribution in [3.8, 4) is 5.69 Å². The average Bonchev–Trinajstić information content (AvgIpc) is 3.18. The maximum atomic E-state index is 12.3. The highest BCUT2D eigenvalue weighted by Crippen LogP contribution is 2.29. The van der Waals surface area contributed by atoms with Crippen LogP contribution in [0, 0.1) is 0 Å². The zero-order valence-electron chi connectivity index (χ0n) is 11.8. The van der Waals surface area contributed by atoms with Crippen molar-refractivity contribution in [1.29, 1.82) is 0 Å². The van der Waals surface area contributed by atoms with E-state index in [4.69, 9.17) is 0 Å². The van der Waals surface area contributed by atoms with Gasteiger partial charge in [0, 0.05) is 6.20 Å². The number of aliphatic hydroxyl groups excluding tert-OH is 1. The first-order chi connectivity index (χ1) is 10.2. The molecule has 0 radical (unpaired) electrons. The molecule has 3 rings (SSSR count). The van der Waals surface area contributed by atoms with E-state index in [0.29, 0.717) is 5.56 Å². The predicted octanol–water partition coefficient (Wildman–Crippen LogP) is 1.91. The molecule has 0 atom stereocenters. The maximum Gasteiger partial charge on any atom is 0.254 e. The van der Waals surface area contributed by atoms with Crippen LogP contribution in [0.25, 0.3) is 5.69 Å². The van der Waals surface area contributed by atoms with E-state index in [-0.39, 0.29) is 12.5 Å². The lowest BCUT2D eigenvalue weighted by Gasteiger charge is -2.27. The van der Waals surface area contributed by atoms with Gasteiger partial charge in [0.15, 0.2) is 0 Å². The van der Waals surface area contributed by atoms with Gasteiger partial charge in [0.1, 0.15) is 0 Å². The second kappa shape index (κ2) is 5.69. The Morgan fingerprint density at radius 2 is 2.00 bits per heavy atom. The summed E-state index contributed by atoms with van der Waals surface area (Å²) < 4.78 is 1.68. The Balaban J connectivity index is 1.75. The Morgan fingerprint density at radius 1 is 1.29 bits per heavy atom. The van der Waals surface area contributed by atoms with Gasteiger partial charge in [-0.2, -0.15) is 5.10 Å². The van der Waals surface area contributed by atoms with E-state index in [2.05, 4.69) is 10.4 Å².